The maximum absolute atomic E-state index is 13.5. The summed E-state index contributed by atoms with van der Waals surface area (Å²) in [6.07, 6.45) is 0. The summed E-state index contributed by atoms with van der Waals surface area (Å²) in [6.45, 7) is 2.32. The van der Waals surface area contributed by atoms with Crippen LogP contribution in [0.2, 0.25) is 0 Å². The van der Waals surface area contributed by atoms with Gasteiger partial charge in [0.05, 0.1) is 31.4 Å². The lowest BCUT2D eigenvalue weighted by Gasteiger charge is -2.23. The fourth-order valence-corrected chi connectivity index (χ4v) is 4.43. The smallest absolute Gasteiger partial charge is 0.272 e. The summed E-state index contributed by atoms with van der Waals surface area (Å²) in [7, 11) is -1.27. The highest BCUT2D eigenvalue weighted by Gasteiger charge is 2.32. The second kappa shape index (κ2) is 9.53. The van der Waals surface area contributed by atoms with Crippen molar-refractivity contribution >= 4 is 21.6 Å². The predicted molar refractivity (Wildman–Crippen MR) is 118 cm³/mol. The third-order valence-corrected chi connectivity index (χ3v) is 6.20. The first-order chi connectivity index (χ1) is 14.9. The van der Waals surface area contributed by atoms with E-state index in [0.717, 1.165) is 4.31 Å². The summed E-state index contributed by atoms with van der Waals surface area (Å²) < 4.78 is 43.6. The Morgan fingerprint density at radius 1 is 0.871 bits per heavy atom. The largest absolute Gasteiger partial charge is 0.494 e. The number of benzene rings is 3. The maximum atomic E-state index is 13.5. The van der Waals surface area contributed by atoms with E-state index in [1.807, 2.05) is 6.92 Å². The third-order valence-electron chi connectivity index (χ3n) is 4.48. The van der Waals surface area contributed by atoms with E-state index < -0.39 is 15.9 Å². The minimum absolute atomic E-state index is 0.00212. The van der Waals surface area contributed by atoms with Gasteiger partial charge in [0.15, 0.2) is 11.5 Å². The van der Waals surface area contributed by atoms with Gasteiger partial charge in [-0.3, -0.25) is 4.79 Å². The summed E-state index contributed by atoms with van der Waals surface area (Å²) in [6, 6.07) is 18.6. The van der Waals surface area contributed by atoms with Crippen LogP contribution in [0.5, 0.6) is 17.2 Å². The summed E-state index contributed by atoms with van der Waals surface area (Å²) in [4.78, 5) is 13.5. The molecule has 3 aromatic rings. The molecule has 0 aliphatic rings. The van der Waals surface area contributed by atoms with Gasteiger partial charge in [0, 0.05) is 5.56 Å². The average Bonchev–Trinajstić information content (AvgIpc) is 2.80. The Morgan fingerprint density at radius 2 is 1.52 bits per heavy atom. The minimum atomic E-state index is -4.19. The molecule has 0 N–H and O–H groups in total. The van der Waals surface area contributed by atoms with Crippen molar-refractivity contribution in [1.29, 1.82) is 0 Å². The number of carbonyl (C=O) groups excluding carboxylic acids is 1. The van der Waals surface area contributed by atoms with Crippen molar-refractivity contribution in [2.24, 2.45) is 0 Å². The monoisotopic (exact) mass is 441 g/mol. The van der Waals surface area contributed by atoms with E-state index in [9.17, 15) is 13.2 Å². The van der Waals surface area contributed by atoms with E-state index in [2.05, 4.69) is 0 Å². The molecule has 3 aromatic carbocycles. The van der Waals surface area contributed by atoms with Gasteiger partial charge in [-0.1, -0.05) is 18.2 Å². The molecule has 0 atom stereocenters. The van der Waals surface area contributed by atoms with Crippen molar-refractivity contribution in [2.75, 3.05) is 25.1 Å². The molecule has 0 aromatic heterocycles. The van der Waals surface area contributed by atoms with Gasteiger partial charge in [0.25, 0.3) is 15.9 Å². The van der Waals surface area contributed by atoms with Crippen molar-refractivity contribution in [2.45, 2.75) is 11.8 Å². The van der Waals surface area contributed by atoms with E-state index in [1.165, 1.54) is 50.6 Å². The van der Waals surface area contributed by atoms with Gasteiger partial charge in [-0.2, -0.15) is 4.31 Å². The SMILES string of the molecule is CCOc1ccc(N(C(=O)c2ccc(OC)c(OC)c2)S(=O)(=O)c2ccccc2)cc1. The van der Waals surface area contributed by atoms with Gasteiger partial charge < -0.3 is 14.2 Å². The van der Waals surface area contributed by atoms with E-state index in [1.54, 1.807) is 36.4 Å². The zero-order chi connectivity index (χ0) is 22.4. The van der Waals surface area contributed by atoms with Gasteiger partial charge in [-0.05, 0) is 61.5 Å². The first kappa shape index (κ1) is 22.2. The molecule has 0 saturated heterocycles. The molecule has 0 unspecified atom stereocenters. The summed E-state index contributed by atoms with van der Waals surface area (Å²) in [5, 5.41) is 0. The van der Waals surface area contributed by atoms with Crippen molar-refractivity contribution in [3.8, 4) is 17.2 Å². The Hall–Kier alpha value is -3.52. The van der Waals surface area contributed by atoms with Crippen LogP contribution < -0.4 is 18.5 Å². The molecule has 162 valence electrons. The van der Waals surface area contributed by atoms with Crippen molar-refractivity contribution in [3.05, 3.63) is 78.4 Å². The topological polar surface area (TPSA) is 82.1 Å². The molecule has 0 bridgehead atoms. The van der Waals surface area contributed by atoms with Gasteiger partial charge in [-0.15, -0.1) is 0 Å². The molecule has 7 nitrogen and oxygen atoms in total. The lowest BCUT2D eigenvalue weighted by Crippen LogP contribution is -2.37. The van der Waals surface area contributed by atoms with Crippen LogP contribution in [0.25, 0.3) is 0 Å². The highest BCUT2D eigenvalue weighted by Crippen LogP contribution is 2.31. The average molecular weight is 442 g/mol. The molecule has 3 rings (SSSR count). The number of methoxy groups -OCH3 is 2. The van der Waals surface area contributed by atoms with Crippen LogP contribution in [0.4, 0.5) is 5.69 Å². The first-order valence-corrected chi connectivity index (χ1v) is 11.0. The van der Waals surface area contributed by atoms with Gasteiger partial charge in [0.1, 0.15) is 5.75 Å². The standard InChI is InChI=1S/C23H23NO6S/c1-4-30-19-13-11-18(12-14-19)24(31(26,27)20-8-6-5-7-9-20)23(25)17-10-15-21(28-2)22(16-17)29-3/h5-16H,4H2,1-3H3. The second-order valence-corrected chi connectivity index (χ2v) is 8.17. The number of hydrogen-bond acceptors (Lipinski definition) is 6. The number of sulfonamides is 1. The van der Waals surface area contributed by atoms with Crippen LogP contribution in [0.1, 0.15) is 17.3 Å². The number of carbonyl (C=O) groups is 1. The fraction of sp³-hybridized carbons (Fsp3) is 0.174. The molecule has 0 saturated carbocycles. The number of anilines is 1. The van der Waals surface area contributed by atoms with E-state index >= 15 is 0 Å². The lowest BCUT2D eigenvalue weighted by atomic mass is 10.2. The molecular formula is C23H23NO6S. The molecule has 1 amide bonds. The Balaban J connectivity index is 2.13. The minimum Gasteiger partial charge on any atom is -0.494 e. The molecule has 0 aliphatic carbocycles. The number of ether oxygens (including phenoxy) is 3. The van der Waals surface area contributed by atoms with Gasteiger partial charge >= 0.3 is 0 Å². The molecule has 0 spiro atoms. The number of amides is 1. The lowest BCUT2D eigenvalue weighted by molar-refractivity contribution is 0.100. The normalized spacial score (nSPS) is 10.9. The molecule has 0 heterocycles. The first-order valence-electron chi connectivity index (χ1n) is 9.52. The van der Waals surface area contributed by atoms with Gasteiger partial charge in [-0.25, -0.2) is 8.42 Å². The molecule has 0 radical (unpaired) electrons. The number of nitrogens with zero attached hydrogens (tertiary/aromatic N) is 1. The van der Waals surface area contributed by atoms with E-state index in [4.69, 9.17) is 14.2 Å². The number of hydrogen-bond donors (Lipinski definition) is 0. The highest BCUT2D eigenvalue weighted by atomic mass is 32.2. The van der Waals surface area contributed by atoms with E-state index in [0.29, 0.717) is 23.9 Å². The van der Waals surface area contributed by atoms with Crippen molar-refractivity contribution < 1.29 is 27.4 Å². The van der Waals surface area contributed by atoms with Crippen molar-refractivity contribution in [1.82, 2.24) is 0 Å². The highest BCUT2D eigenvalue weighted by molar-refractivity contribution is 7.93. The van der Waals surface area contributed by atoms with Crippen LogP contribution in [0.3, 0.4) is 0 Å². The second-order valence-electron chi connectivity index (χ2n) is 6.38. The van der Waals surface area contributed by atoms with Crippen LogP contribution >= 0.6 is 0 Å². The van der Waals surface area contributed by atoms with Crippen molar-refractivity contribution in [3.63, 3.8) is 0 Å². The molecular weight excluding hydrogens is 418 g/mol. The van der Waals surface area contributed by atoms with Crippen LogP contribution in [0, 0.1) is 0 Å². The third kappa shape index (κ3) is 4.64. The Morgan fingerprint density at radius 3 is 2.10 bits per heavy atom. The summed E-state index contributed by atoms with van der Waals surface area (Å²) in [5.41, 5.74) is 0.318. The van der Waals surface area contributed by atoms with Crippen LogP contribution in [-0.4, -0.2) is 35.2 Å². The molecule has 8 heteroatoms. The predicted octanol–water partition coefficient (Wildman–Crippen LogP) is 4.14. The van der Waals surface area contributed by atoms with Crippen LogP contribution in [0.15, 0.2) is 77.7 Å². The Kier molecular flexibility index (Phi) is 6.81. The Labute approximate surface area is 181 Å². The Bertz CT molecular complexity index is 1140. The zero-order valence-corrected chi connectivity index (χ0v) is 18.3. The number of rotatable bonds is 8. The molecule has 0 aliphatic heterocycles. The quantitative estimate of drug-likeness (QED) is 0.523. The maximum Gasteiger partial charge on any atom is 0.272 e. The van der Waals surface area contributed by atoms with E-state index in [-0.39, 0.29) is 16.1 Å². The van der Waals surface area contributed by atoms with Gasteiger partial charge in [0.2, 0.25) is 0 Å². The summed E-state index contributed by atoms with van der Waals surface area (Å²) >= 11 is 0. The molecule has 31 heavy (non-hydrogen) atoms. The fourth-order valence-electron chi connectivity index (χ4n) is 2.99. The zero-order valence-electron chi connectivity index (χ0n) is 17.4. The van der Waals surface area contributed by atoms with Crippen LogP contribution in [-0.2, 0) is 10.0 Å². The molecule has 0 fully saturated rings. The summed E-state index contributed by atoms with van der Waals surface area (Å²) in [5.74, 6) is 0.588.